The Balaban J connectivity index is 1.53. The average molecular weight is 345 g/mol. The van der Waals surface area contributed by atoms with Crippen molar-refractivity contribution in [3.63, 3.8) is 0 Å². The van der Waals surface area contributed by atoms with Gasteiger partial charge >= 0.3 is 0 Å². The summed E-state index contributed by atoms with van der Waals surface area (Å²) in [5, 5.41) is 3.39. The summed E-state index contributed by atoms with van der Waals surface area (Å²) in [6, 6.07) is 9.28. The number of nitrogens with one attached hydrogen (secondary N) is 1. The molecule has 0 spiro atoms. The molecule has 1 aromatic carbocycles. The zero-order valence-corrected chi connectivity index (χ0v) is 14.1. The van der Waals surface area contributed by atoms with Crippen LogP contribution in [0.1, 0.15) is 24.1 Å². The van der Waals surface area contributed by atoms with Crippen LogP contribution in [0.2, 0.25) is 0 Å². The highest BCUT2D eigenvalue weighted by Crippen LogP contribution is 2.18. The van der Waals surface area contributed by atoms with Gasteiger partial charge in [0.1, 0.15) is 17.5 Å². The summed E-state index contributed by atoms with van der Waals surface area (Å²) in [7, 11) is 0. The lowest BCUT2D eigenvalue weighted by molar-refractivity contribution is -0.131. The van der Waals surface area contributed by atoms with E-state index in [-0.39, 0.29) is 23.9 Å². The number of piperidine rings is 1. The Hall–Kier alpha value is -2.50. The SMILES string of the molecule is Cc1cccc(NC2CCN(C(=O)Cc3cc(F)ccc3F)CC2)n1. The van der Waals surface area contributed by atoms with Gasteiger partial charge in [0.2, 0.25) is 5.91 Å². The second-order valence-electron chi connectivity index (χ2n) is 6.38. The fraction of sp³-hybridized carbons (Fsp3) is 0.368. The van der Waals surface area contributed by atoms with Gasteiger partial charge in [0.05, 0.1) is 6.42 Å². The molecule has 1 amide bonds. The van der Waals surface area contributed by atoms with Crippen LogP contribution in [0, 0.1) is 18.6 Å². The molecule has 1 aliphatic heterocycles. The minimum absolute atomic E-state index is 0.106. The highest BCUT2D eigenvalue weighted by molar-refractivity contribution is 5.79. The van der Waals surface area contributed by atoms with Crippen LogP contribution in [-0.4, -0.2) is 34.9 Å². The number of halogens is 2. The molecule has 1 N–H and O–H groups in total. The van der Waals surface area contributed by atoms with E-state index in [4.69, 9.17) is 0 Å². The minimum atomic E-state index is -0.545. The minimum Gasteiger partial charge on any atom is -0.367 e. The summed E-state index contributed by atoms with van der Waals surface area (Å²) in [6.45, 7) is 3.14. The van der Waals surface area contributed by atoms with E-state index in [9.17, 15) is 13.6 Å². The second kappa shape index (κ2) is 7.59. The van der Waals surface area contributed by atoms with Crippen LogP contribution < -0.4 is 5.32 Å². The smallest absolute Gasteiger partial charge is 0.227 e. The van der Waals surface area contributed by atoms with Crippen molar-refractivity contribution in [1.29, 1.82) is 0 Å². The van der Waals surface area contributed by atoms with E-state index in [2.05, 4.69) is 10.3 Å². The predicted molar refractivity (Wildman–Crippen MR) is 92.3 cm³/mol. The Bertz CT molecular complexity index is 758. The molecule has 1 fully saturated rings. The maximum absolute atomic E-state index is 13.7. The molecular formula is C19H21F2N3O. The van der Waals surface area contributed by atoms with Crippen LogP contribution in [-0.2, 0) is 11.2 Å². The van der Waals surface area contributed by atoms with E-state index in [1.807, 2.05) is 25.1 Å². The van der Waals surface area contributed by atoms with Gasteiger partial charge in [0.15, 0.2) is 0 Å². The first-order chi connectivity index (χ1) is 12.0. The molecule has 2 aromatic rings. The van der Waals surface area contributed by atoms with Gasteiger partial charge in [-0.15, -0.1) is 0 Å². The summed E-state index contributed by atoms with van der Waals surface area (Å²) in [4.78, 5) is 18.5. The first-order valence-electron chi connectivity index (χ1n) is 8.43. The molecule has 4 nitrogen and oxygen atoms in total. The van der Waals surface area contributed by atoms with Crippen LogP contribution in [0.4, 0.5) is 14.6 Å². The van der Waals surface area contributed by atoms with Crippen LogP contribution in [0.15, 0.2) is 36.4 Å². The summed E-state index contributed by atoms with van der Waals surface area (Å²) >= 11 is 0. The lowest BCUT2D eigenvalue weighted by Crippen LogP contribution is -2.43. The van der Waals surface area contributed by atoms with Gasteiger partial charge in [-0.25, -0.2) is 13.8 Å². The number of rotatable bonds is 4. The van der Waals surface area contributed by atoms with Crippen LogP contribution >= 0.6 is 0 Å². The molecule has 0 saturated carbocycles. The molecule has 0 unspecified atom stereocenters. The molecule has 0 aliphatic carbocycles. The largest absolute Gasteiger partial charge is 0.367 e. The zero-order valence-electron chi connectivity index (χ0n) is 14.1. The average Bonchev–Trinajstić information content (AvgIpc) is 2.59. The van der Waals surface area contributed by atoms with Gasteiger partial charge in [-0.3, -0.25) is 4.79 Å². The van der Waals surface area contributed by atoms with E-state index < -0.39 is 11.6 Å². The third-order valence-corrected chi connectivity index (χ3v) is 4.44. The number of pyridine rings is 1. The van der Waals surface area contributed by atoms with Crippen molar-refractivity contribution in [3.05, 3.63) is 59.3 Å². The summed E-state index contributed by atoms with van der Waals surface area (Å²) in [5.74, 6) is -0.405. The molecular weight excluding hydrogens is 324 g/mol. The van der Waals surface area contributed by atoms with E-state index >= 15 is 0 Å². The molecule has 132 valence electrons. The number of nitrogens with zero attached hydrogens (tertiary/aromatic N) is 2. The quantitative estimate of drug-likeness (QED) is 0.925. The number of likely N-dealkylation sites (tertiary alicyclic amines) is 1. The van der Waals surface area contributed by atoms with E-state index in [1.165, 1.54) is 0 Å². The van der Waals surface area contributed by atoms with Crippen molar-refractivity contribution in [1.82, 2.24) is 9.88 Å². The number of anilines is 1. The van der Waals surface area contributed by atoms with Gasteiger partial charge < -0.3 is 10.2 Å². The first kappa shape index (κ1) is 17.3. The number of aryl methyl sites for hydroxylation is 1. The van der Waals surface area contributed by atoms with E-state index in [0.29, 0.717) is 13.1 Å². The number of hydrogen-bond donors (Lipinski definition) is 1. The van der Waals surface area contributed by atoms with Gasteiger partial charge in [-0.1, -0.05) is 6.07 Å². The molecule has 0 atom stereocenters. The van der Waals surface area contributed by atoms with Crippen molar-refractivity contribution in [2.45, 2.75) is 32.2 Å². The number of carbonyl (C=O) groups excluding carboxylic acids is 1. The zero-order chi connectivity index (χ0) is 17.8. The Labute approximate surface area is 145 Å². The lowest BCUT2D eigenvalue weighted by atomic mass is 10.0. The predicted octanol–water partition coefficient (Wildman–Crippen LogP) is 3.31. The molecule has 1 saturated heterocycles. The van der Waals surface area contributed by atoms with Crippen molar-refractivity contribution in [2.75, 3.05) is 18.4 Å². The molecule has 1 aromatic heterocycles. The molecule has 3 rings (SSSR count). The second-order valence-corrected chi connectivity index (χ2v) is 6.38. The third kappa shape index (κ3) is 4.53. The number of amides is 1. The van der Waals surface area contributed by atoms with Crippen LogP contribution in [0.3, 0.4) is 0 Å². The van der Waals surface area contributed by atoms with E-state index in [0.717, 1.165) is 42.6 Å². The fourth-order valence-corrected chi connectivity index (χ4v) is 3.06. The lowest BCUT2D eigenvalue weighted by Gasteiger charge is -2.32. The summed E-state index contributed by atoms with van der Waals surface area (Å²) in [6.07, 6.45) is 1.49. The van der Waals surface area contributed by atoms with Gasteiger partial charge in [-0.2, -0.15) is 0 Å². The molecule has 2 heterocycles. The Morgan fingerprint density at radius 1 is 1.24 bits per heavy atom. The van der Waals surface area contributed by atoms with Gasteiger partial charge in [0.25, 0.3) is 0 Å². The summed E-state index contributed by atoms with van der Waals surface area (Å²) < 4.78 is 26.9. The fourth-order valence-electron chi connectivity index (χ4n) is 3.06. The van der Waals surface area contributed by atoms with Gasteiger partial charge in [0, 0.05) is 30.4 Å². The third-order valence-electron chi connectivity index (χ3n) is 4.44. The highest BCUT2D eigenvalue weighted by Gasteiger charge is 2.23. The van der Waals surface area contributed by atoms with Crippen LogP contribution in [0.5, 0.6) is 0 Å². The first-order valence-corrected chi connectivity index (χ1v) is 8.43. The maximum atomic E-state index is 13.7. The van der Waals surface area contributed by atoms with Crippen molar-refractivity contribution >= 4 is 11.7 Å². The number of aromatic nitrogens is 1. The van der Waals surface area contributed by atoms with Crippen molar-refractivity contribution in [2.24, 2.45) is 0 Å². The molecule has 25 heavy (non-hydrogen) atoms. The normalized spacial score (nSPS) is 15.2. The standard InChI is InChI=1S/C19H21F2N3O/c1-13-3-2-4-18(22-13)23-16-7-9-24(10-8-16)19(25)12-14-11-15(20)5-6-17(14)21/h2-6,11,16H,7-10,12H2,1H3,(H,22,23). The van der Waals surface area contributed by atoms with Crippen molar-refractivity contribution in [3.8, 4) is 0 Å². The molecule has 6 heteroatoms. The van der Waals surface area contributed by atoms with Crippen molar-refractivity contribution < 1.29 is 13.6 Å². The number of hydrogen-bond acceptors (Lipinski definition) is 3. The van der Waals surface area contributed by atoms with Gasteiger partial charge in [-0.05, 0) is 50.1 Å². The number of benzene rings is 1. The summed E-state index contributed by atoms with van der Waals surface area (Å²) in [5.41, 5.74) is 1.06. The Kier molecular flexibility index (Phi) is 5.26. The Morgan fingerprint density at radius 2 is 2.00 bits per heavy atom. The molecule has 1 aliphatic rings. The number of carbonyl (C=O) groups is 1. The monoisotopic (exact) mass is 345 g/mol. The Morgan fingerprint density at radius 3 is 2.72 bits per heavy atom. The molecule has 0 bridgehead atoms. The van der Waals surface area contributed by atoms with Crippen LogP contribution in [0.25, 0.3) is 0 Å². The highest BCUT2D eigenvalue weighted by atomic mass is 19.1. The molecule has 0 radical (unpaired) electrons. The van der Waals surface area contributed by atoms with E-state index in [1.54, 1.807) is 4.90 Å². The maximum Gasteiger partial charge on any atom is 0.227 e. The topological polar surface area (TPSA) is 45.2 Å².